The summed E-state index contributed by atoms with van der Waals surface area (Å²) in [6.07, 6.45) is 14.8. The van der Waals surface area contributed by atoms with E-state index in [1.165, 1.54) is 67.9 Å². The highest BCUT2D eigenvalue weighted by molar-refractivity contribution is 6.67. The highest BCUT2D eigenvalue weighted by atomic mass is 16.2. The van der Waals surface area contributed by atoms with Crippen LogP contribution in [0.3, 0.4) is 0 Å². The van der Waals surface area contributed by atoms with E-state index in [-0.39, 0.29) is 0 Å². The molecule has 1 amide bonds. The zero-order chi connectivity index (χ0) is 21.3. The molecule has 2 nitrogen and oxygen atoms in total. The summed E-state index contributed by atoms with van der Waals surface area (Å²) in [4.78, 5) is 12.3. The van der Waals surface area contributed by atoms with E-state index in [9.17, 15) is 4.79 Å². The lowest BCUT2D eigenvalue weighted by Gasteiger charge is -2.23. The van der Waals surface area contributed by atoms with Crippen LogP contribution in [0.2, 0.25) is 0 Å². The molecule has 4 rings (SSSR count). The van der Waals surface area contributed by atoms with Gasteiger partial charge in [0.2, 0.25) is 5.91 Å². The van der Waals surface area contributed by atoms with Crippen molar-refractivity contribution in [3.63, 3.8) is 0 Å². The first kappa shape index (κ1) is 22.2. The van der Waals surface area contributed by atoms with Crippen molar-refractivity contribution in [2.75, 3.05) is 0 Å². The van der Waals surface area contributed by atoms with Crippen molar-refractivity contribution < 1.29 is 4.79 Å². The normalized spacial score (nSPS) is 23.2. The van der Waals surface area contributed by atoms with Crippen LogP contribution < -0.4 is 16.2 Å². The lowest BCUT2D eigenvalue weighted by atomic mass is 9.63. The maximum atomic E-state index is 12.3. The van der Waals surface area contributed by atoms with E-state index in [0.29, 0.717) is 23.8 Å². The predicted molar refractivity (Wildman–Crippen MR) is 133 cm³/mol. The fourth-order valence-corrected chi connectivity index (χ4v) is 5.14. The molecule has 2 aliphatic carbocycles. The summed E-state index contributed by atoms with van der Waals surface area (Å²) in [6.45, 7) is 0. The van der Waals surface area contributed by atoms with Crippen LogP contribution in [0.15, 0.2) is 54.6 Å². The molecule has 2 unspecified atom stereocenters. The van der Waals surface area contributed by atoms with E-state index in [1.807, 2.05) is 0 Å². The molecule has 2 saturated carbocycles. The minimum absolute atomic E-state index is 0.321. The number of nitrogens with one attached hydrogen (secondary N) is 1. The summed E-state index contributed by atoms with van der Waals surface area (Å²) in [7, 11) is 1.01. The Hall–Kier alpha value is -2.03. The van der Waals surface area contributed by atoms with Crippen LogP contribution in [0.1, 0.15) is 88.5 Å². The van der Waals surface area contributed by atoms with E-state index >= 15 is 0 Å². The van der Waals surface area contributed by atoms with Crippen LogP contribution in [-0.2, 0) is 4.79 Å². The van der Waals surface area contributed by atoms with Gasteiger partial charge in [0.1, 0.15) is 0 Å². The van der Waals surface area contributed by atoms with Gasteiger partial charge in [0.25, 0.3) is 0 Å². The Balaban J connectivity index is 1.39. The van der Waals surface area contributed by atoms with Crippen molar-refractivity contribution in [2.45, 2.75) is 89.0 Å². The maximum absolute atomic E-state index is 12.3. The average Bonchev–Trinajstić information content (AvgIpc) is 3.62. The summed E-state index contributed by atoms with van der Waals surface area (Å²) in [5, 5.41) is 3.38. The molecule has 3 heteroatoms. The largest absolute Gasteiger partial charge is 0.353 e. The van der Waals surface area contributed by atoms with Crippen molar-refractivity contribution >= 4 is 24.1 Å². The average molecular weight is 415 g/mol. The van der Waals surface area contributed by atoms with E-state index in [1.54, 1.807) is 0 Å². The van der Waals surface area contributed by atoms with Crippen LogP contribution >= 0.6 is 0 Å². The molecule has 31 heavy (non-hydrogen) atoms. The lowest BCUT2D eigenvalue weighted by molar-refractivity contribution is -0.123. The fraction of sp³-hybridized carbons (Fsp3) is 0.536. The fourth-order valence-electron chi connectivity index (χ4n) is 5.14. The summed E-state index contributed by atoms with van der Waals surface area (Å²) in [5.74, 6) is 1.29. The van der Waals surface area contributed by atoms with Gasteiger partial charge >= 0.3 is 0 Å². The molecule has 2 aromatic rings. The first-order chi connectivity index (χ1) is 15.3. The maximum Gasteiger partial charge on any atom is 0.223 e. The first-order valence-corrected chi connectivity index (χ1v) is 12.7. The van der Waals surface area contributed by atoms with Gasteiger partial charge in [0, 0.05) is 12.0 Å². The molecule has 2 aliphatic rings. The van der Waals surface area contributed by atoms with Crippen molar-refractivity contribution in [1.29, 1.82) is 0 Å². The van der Waals surface area contributed by atoms with Gasteiger partial charge in [-0.05, 0) is 50.0 Å². The first-order valence-electron chi connectivity index (χ1n) is 12.7. The van der Waals surface area contributed by atoms with Gasteiger partial charge in [-0.25, -0.2) is 0 Å². The number of amides is 1. The third-order valence-corrected chi connectivity index (χ3v) is 7.18. The summed E-state index contributed by atoms with van der Waals surface area (Å²) in [6, 6.07) is 20.5. The number of hydrogen-bond acceptors (Lipinski definition) is 1. The van der Waals surface area contributed by atoms with Crippen molar-refractivity contribution in [1.82, 2.24) is 5.32 Å². The standard InChI is InChI=1S/C28H38BNO/c31-28(23-19-20-23)30-27-17-8-3-1-2-5-11-22(12-10-18-27)24-13-9-16-26(21-24)29-25-14-6-4-7-15-25/h4,6-7,9,13-16,21-23,27,29H,1-3,5,8,10-12,17-20H2,(H,30,31). The van der Waals surface area contributed by atoms with Gasteiger partial charge in [0.15, 0.2) is 7.28 Å². The van der Waals surface area contributed by atoms with Gasteiger partial charge in [0.05, 0.1) is 0 Å². The second kappa shape index (κ2) is 11.6. The quantitative estimate of drug-likeness (QED) is 0.687. The molecule has 0 aliphatic heterocycles. The van der Waals surface area contributed by atoms with Crippen LogP contribution in [0.5, 0.6) is 0 Å². The van der Waals surface area contributed by atoms with Crippen molar-refractivity contribution in [3.05, 3.63) is 60.2 Å². The highest BCUT2D eigenvalue weighted by Gasteiger charge is 2.30. The van der Waals surface area contributed by atoms with Crippen LogP contribution in [0.25, 0.3) is 0 Å². The summed E-state index contributed by atoms with van der Waals surface area (Å²) in [5.41, 5.74) is 4.32. The Morgan fingerprint density at radius 3 is 2.19 bits per heavy atom. The molecule has 2 fully saturated rings. The molecular formula is C28H38BNO. The number of benzene rings is 2. The predicted octanol–water partition coefficient (Wildman–Crippen LogP) is 4.97. The second-order valence-corrected chi connectivity index (χ2v) is 9.86. The van der Waals surface area contributed by atoms with Crippen LogP contribution in [-0.4, -0.2) is 19.2 Å². The molecule has 1 N–H and O–H groups in total. The van der Waals surface area contributed by atoms with E-state index in [0.717, 1.165) is 33.0 Å². The zero-order valence-corrected chi connectivity index (χ0v) is 19.0. The SMILES string of the molecule is O=C(NC1CCCCCCCC(c2cccc(Bc3ccccc3)c2)CCC1)C1CC1. The smallest absolute Gasteiger partial charge is 0.223 e. The van der Waals surface area contributed by atoms with E-state index < -0.39 is 0 Å². The molecule has 2 atom stereocenters. The van der Waals surface area contributed by atoms with Crippen molar-refractivity contribution in [3.8, 4) is 0 Å². The van der Waals surface area contributed by atoms with E-state index in [2.05, 4.69) is 59.9 Å². The second-order valence-electron chi connectivity index (χ2n) is 9.86. The zero-order valence-electron chi connectivity index (χ0n) is 19.0. The minimum atomic E-state index is 0.321. The molecule has 0 bridgehead atoms. The van der Waals surface area contributed by atoms with Crippen LogP contribution in [0.4, 0.5) is 0 Å². The molecular weight excluding hydrogens is 377 g/mol. The van der Waals surface area contributed by atoms with Crippen molar-refractivity contribution in [2.24, 2.45) is 5.92 Å². The Bertz CT molecular complexity index is 817. The molecule has 0 spiro atoms. The van der Waals surface area contributed by atoms with E-state index in [4.69, 9.17) is 0 Å². The highest BCUT2D eigenvalue weighted by Crippen LogP contribution is 2.31. The molecule has 164 valence electrons. The molecule has 2 aromatic carbocycles. The van der Waals surface area contributed by atoms with Gasteiger partial charge in [-0.15, -0.1) is 0 Å². The molecule has 0 heterocycles. The summed E-state index contributed by atoms with van der Waals surface area (Å²) >= 11 is 0. The molecule has 0 aromatic heterocycles. The van der Waals surface area contributed by atoms with Crippen LogP contribution in [0, 0.1) is 5.92 Å². The number of carbonyl (C=O) groups excluding carboxylic acids is 1. The number of hydrogen-bond donors (Lipinski definition) is 1. The Labute approximate surface area is 189 Å². The topological polar surface area (TPSA) is 29.1 Å². The summed E-state index contributed by atoms with van der Waals surface area (Å²) < 4.78 is 0. The molecule has 0 radical (unpaired) electrons. The lowest BCUT2D eigenvalue weighted by Crippen LogP contribution is -2.36. The van der Waals surface area contributed by atoms with Gasteiger partial charge < -0.3 is 5.32 Å². The Kier molecular flexibility index (Phi) is 8.27. The minimum Gasteiger partial charge on any atom is -0.353 e. The molecule has 0 saturated heterocycles. The van der Waals surface area contributed by atoms with Gasteiger partial charge in [-0.1, -0.05) is 104 Å². The monoisotopic (exact) mass is 415 g/mol. The van der Waals surface area contributed by atoms with Gasteiger partial charge in [-0.2, -0.15) is 0 Å². The number of rotatable bonds is 5. The Morgan fingerprint density at radius 1 is 0.710 bits per heavy atom. The number of carbonyl (C=O) groups is 1. The third kappa shape index (κ3) is 7.26. The Morgan fingerprint density at radius 2 is 1.39 bits per heavy atom. The third-order valence-electron chi connectivity index (χ3n) is 7.18. The van der Waals surface area contributed by atoms with Gasteiger partial charge in [-0.3, -0.25) is 4.79 Å².